The average molecular weight is 191 g/mol. The Kier molecular flexibility index (Phi) is 2.19. The highest BCUT2D eigenvalue weighted by atomic mass is 16.1. The lowest BCUT2D eigenvalue weighted by Crippen LogP contribution is -2.16. The number of hydrogen-bond acceptors (Lipinski definition) is 5. The molecule has 0 spiro atoms. The van der Waals surface area contributed by atoms with E-state index in [2.05, 4.69) is 19.9 Å². The standard InChI is InChI=1S/C8H9N5O/c9-2-1-5-12-7-6(8(14)13-5)10-3-4-11-7/h3-4H,1-2,9H2,(H,11,12,13,14). The lowest BCUT2D eigenvalue weighted by Gasteiger charge is -1.98. The smallest absolute Gasteiger partial charge is 0.279 e. The van der Waals surface area contributed by atoms with Crippen LogP contribution in [-0.4, -0.2) is 26.5 Å². The van der Waals surface area contributed by atoms with E-state index in [1.54, 1.807) is 0 Å². The van der Waals surface area contributed by atoms with Crippen molar-refractivity contribution in [2.45, 2.75) is 6.42 Å². The van der Waals surface area contributed by atoms with Gasteiger partial charge in [-0.2, -0.15) is 0 Å². The maximum absolute atomic E-state index is 11.4. The molecule has 0 saturated heterocycles. The highest BCUT2D eigenvalue weighted by Crippen LogP contribution is 1.98. The molecule has 0 aromatic carbocycles. The van der Waals surface area contributed by atoms with Gasteiger partial charge >= 0.3 is 0 Å². The van der Waals surface area contributed by atoms with Crippen molar-refractivity contribution in [1.82, 2.24) is 19.9 Å². The van der Waals surface area contributed by atoms with Crippen LogP contribution in [-0.2, 0) is 6.42 Å². The summed E-state index contributed by atoms with van der Waals surface area (Å²) in [5.74, 6) is 0.547. The normalized spacial score (nSPS) is 10.6. The second-order valence-electron chi connectivity index (χ2n) is 2.78. The molecule has 2 aromatic heterocycles. The van der Waals surface area contributed by atoms with Crippen LogP contribution < -0.4 is 11.3 Å². The second kappa shape index (κ2) is 3.51. The molecular weight excluding hydrogens is 182 g/mol. The molecule has 2 rings (SSSR count). The van der Waals surface area contributed by atoms with Gasteiger partial charge in [-0.3, -0.25) is 4.79 Å². The van der Waals surface area contributed by atoms with Crippen molar-refractivity contribution < 1.29 is 0 Å². The van der Waals surface area contributed by atoms with E-state index in [9.17, 15) is 4.79 Å². The van der Waals surface area contributed by atoms with Gasteiger partial charge in [0.2, 0.25) is 0 Å². The SMILES string of the molecule is NCCc1nc2nccnc2c(=O)[nH]1. The van der Waals surface area contributed by atoms with Gasteiger partial charge < -0.3 is 10.7 Å². The zero-order chi connectivity index (χ0) is 9.97. The number of nitrogens with zero attached hydrogens (tertiary/aromatic N) is 3. The molecule has 0 aliphatic heterocycles. The minimum Gasteiger partial charge on any atom is -0.330 e. The third kappa shape index (κ3) is 1.47. The van der Waals surface area contributed by atoms with Crippen molar-refractivity contribution in [1.29, 1.82) is 0 Å². The first-order valence-electron chi connectivity index (χ1n) is 4.21. The Labute approximate surface area is 79.2 Å². The molecule has 0 fully saturated rings. The van der Waals surface area contributed by atoms with Gasteiger partial charge in [-0.25, -0.2) is 15.0 Å². The Morgan fingerprint density at radius 3 is 2.93 bits per heavy atom. The van der Waals surface area contributed by atoms with E-state index in [1.165, 1.54) is 12.4 Å². The van der Waals surface area contributed by atoms with Crippen LogP contribution in [0, 0.1) is 0 Å². The third-order valence-corrected chi connectivity index (χ3v) is 1.77. The summed E-state index contributed by atoms with van der Waals surface area (Å²) in [6.45, 7) is 0.439. The summed E-state index contributed by atoms with van der Waals surface area (Å²) in [4.78, 5) is 26.0. The molecule has 0 amide bonds. The summed E-state index contributed by atoms with van der Waals surface area (Å²) in [6.07, 6.45) is 3.49. The fraction of sp³-hybridized carbons (Fsp3) is 0.250. The minimum absolute atomic E-state index is 0.258. The summed E-state index contributed by atoms with van der Waals surface area (Å²) >= 11 is 0. The number of aromatic nitrogens is 4. The van der Waals surface area contributed by atoms with Gasteiger partial charge in [-0.05, 0) is 6.54 Å². The highest BCUT2D eigenvalue weighted by molar-refractivity contribution is 5.67. The Hall–Kier alpha value is -1.82. The van der Waals surface area contributed by atoms with Gasteiger partial charge in [0.25, 0.3) is 5.56 Å². The van der Waals surface area contributed by atoms with Crippen LogP contribution >= 0.6 is 0 Å². The predicted octanol–water partition coefficient (Wildman–Crippen LogP) is -0.786. The number of fused-ring (bicyclic) bond motifs is 1. The average Bonchev–Trinajstić information content (AvgIpc) is 2.18. The molecule has 6 nitrogen and oxygen atoms in total. The molecule has 0 saturated carbocycles. The van der Waals surface area contributed by atoms with Crippen molar-refractivity contribution in [3.05, 3.63) is 28.6 Å². The second-order valence-corrected chi connectivity index (χ2v) is 2.78. The molecule has 0 radical (unpaired) electrons. The summed E-state index contributed by atoms with van der Waals surface area (Å²) in [6, 6.07) is 0. The van der Waals surface area contributed by atoms with Crippen LogP contribution in [0.3, 0.4) is 0 Å². The van der Waals surface area contributed by atoms with Crippen LogP contribution in [0.15, 0.2) is 17.2 Å². The molecule has 6 heteroatoms. The van der Waals surface area contributed by atoms with Gasteiger partial charge in [0.15, 0.2) is 11.2 Å². The van der Waals surface area contributed by atoms with Crippen molar-refractivity contribution in [2.75, 3.05) is 6.54 Å². The number of rotatable bonds is 2. The van der Waals surface area contributed by atoms with Crippen LogP contribution in [0.2, 0.25) is 0 Å². The number of aromatic amines is 1. The number of H-pyrrole nitrogens is 1. The molecule has 2 aromatic rings. The molecule has 3 N–H and O–H groups in total. The van der Waals surface area contributed by atoms with Gasteiger partial charge in [0, 0.05) is 18.8 Å². The quantitative estimate of drug-likeness (QED) is 0.648. The number of hydrogen-bond donors (Lipinski definition) is 2. The minimum atomic E-state index is -0.272. The molecular formula is C8H9N5O. The zero-order valence-electron chi connectivity index (χ0n) is 7.40. The molecule has 2 heterocycles. The summed E-state index contributed by atoms with van der Waals surface area (Å²) in [7, 11) is 0. The Bertz CT molecular complexity index is 506. The summed E-state index contributed by atoms with van der Waals surface area (Å²) in [5, 5.41) is 0. The third-order valence-electron chi connectivity index (χ3n) is 1.77. The fourth-order valence-electron chi connectivity index (χ4n) is 1.17. The molecule has 72 valence electrons. The van der Waals surface area contributed by atoms with Crippen molar-refractivity contribution in [3.63, 3.8) is 0 Å². The van der Waals surface area contributed by atoms with Gasteiger partial charge in [-0.15, -0.1) is 0 Å². The first-order valence-corrected chi connectivity index (χ1v) is 4.21. The van der Waals surface area contributed by atoms with Crippen LogP contribution in [0.25, 0.3) is 11.2 Å². The van der Waals surface area contributed by atoms with E-state index in [0.29, 0.717) is 24.4 Å². The maximum Gasteiger partial charge on any atom is 0.279 e. The lowest BCUT2D eigenvalue weighted by atomic mass is 10.4. The van der Waals surface area contributed by atoms with E-state index < -0.39 is 0 Å². The van der Waals surface area contributed by atoms with Crippen LogP contribution in [0.1, 0.15) is 5.82 Å². The Morgan fingerprint density at radius 1 is 1.36 bits per heavy atom. The Morgan fingerprint density at radius 2 is 2.14 bits per heavy atom. The van der Waals surface area contributed by atoms with Crippen molar-refractivity contribution in [3.8, 4) is 0 Å². The van der Waals surface area contributed by atoms with Crippen LogP contribution in [0.5, 0.6) is 0 Å². The van der Waals surface area contributed by atoms with E-state index in [0.717, 1.165) is 0 Å². The first-order chi connectivity index (χ1) is 6.81. The molecule has 0 unspecified atom stereocenters. The monoisotopic (exact) mass is 191 g/mol. The maximum atomic E-state index is 11.4. The lowest BCUT2D eigenvalue weighted by molar-refractivity contribution is 0.864. The molecule has 14 heavy (non-hydrogen) atoms. The Balaban J connectivity index is 2.66. The van der Waals surface area contributed by atoms with E-state index in [-0.39, 0.29) is 11.1 Å². The van der Waals surface area contributed by atoms with E-state index in [1.807, 2.05) is 0 Å². The molecule has 0 atom stereocenters. The molecule has 0 aliphatic carbocycles. The van der Waals surface area contributed by atoms with Crippen LogP contribution in [0.4, 0.5) is 0 Å². The zero-order valence-corrected chi connectivity index (χ0v) is 7.40. The topological polar surface area (TPSA) is 97.5 Å². The van der Waals surface area contributed by atoms with Gasteiger partial charge in [0.1, 0.15) is 5.82 Å². The largest absolute Gasteiger partial charge is 0.330 e. The summed E-state index contributed by atoms with van der Waals surface area (Å²) in [5.41, 5.74) is 5.70. The van der Waals surface area contributed by atoms with Crippen molar-refractivity contribution in [2.24, 2.45) is 5.73 Å². The molecule has 0 aliphatic rings. The highest BCUT2D eigenvalue weighted by Gasteiger charge is 2.03. The van der Waals surface area contributed by atoms with Crippen molar-refractivity contribution >= 4 is 11.2 Å². The summed E-state index contributed by atoms with van der Waals surface area (Å²) < 4.78 is 0. The first kappa shape index (κ1) is 8.76. The van der Waals surface area contributed by atoms with Gasteiger partial charge in [-0.1, -0.05) is 0 Å². The predicted molar refractivity (Wildman–Crippen MR) is 50.7 cm³/mol. The van der Waals surface area contributed by atoms with E-state index in [4.69, 9.17) is 5.73 Å². The van der Waals surface area contributed by atoms with Gasteiger partial charge in [0.05, 0.1) is 0 Å². The fourth-order valence-corrected chi connectivity index (χ4v) is 1.17. The van der Waals surface area contributed by atoms with E-state index >= 15 is 0 Å². The molecule has 0 bridgehead atoms. The number of nitrogens with one attached hydrogen (secondary N) is 1. The number of nitrogens with two attached hydrogens (primary N) is 1.